The van der Waals surface area contributed by atoms with Gasteiger partial charge in [0.25, 0.3) is 5.91 Å². The monoisotopic (exact) mass is 405 g/mol. The molecule has 1 aromatic carbocycles. The van der Waals surface area contributed by atoms with Crippen LogP contribution in [-0.2, 0) is 0 Å². The van der Waals surface area contributed by atoms with E-state index in [0.29, 0.717) is 24.0 Å². The molecule has 0 aliphatic rings. The van der Waals surface area contributed by atoms with Gasteiger partial charge in [-0.25, -0.2) is 9.97 Å². The van der Waals surface area contributed by atoms with E-state index in [2.05, 4.69) is 25.3 Å². The molecule has 0 radical (unpaired) electrons. The Balaban J connectivity index is 1.53. The number of anilines is 1. The number of alkyl halides is 3. The molecule has 1 amide bonds. The standard InChI is InChI=1S/C19H18F3N5O2/c1-13-25-16(12-17(26-13)27-9-2-3-10-27)23-7-8-24-18(28)14-5-4-6-15(11-14)29-19(20,21)22/h2-6,9-12H,7-8H2,1H3,(H,24,28)(H,23,25,26). The van der Waals surface area contributed by atoms with Crippen LogP contribution in [-0.4, -0.2) is 39.9 Å². The van der Waals surface area contributed by atoms with Crippen molar-refractivity contribution in [2.75, 3.05) is 18.4 Å². The van der Waals surface area contributed by atoms with Gasteiger partial charge in [-0.05, 0) is 37.3 Å². The first-order valence-electron chi connectivity index (χ1n) is 8.67. The van der Waals surface area contributed by atoms with Crippen LogP contribution in [0.25, 0.3) is 5.82 Å². The first kappa shape index (κ1) is 20.2. The van der Waals surface area contributed by atoms with Gasteiger partial charge in [-0.1, -0.05) is 6.07 Å². The van der Waals surface area contributed by atoms with E-state index in [4.69, 9.17) is 0 Å². The van der Waals surface area contributed by atoms with Crippen molar-refractivity contribution < 1.29 is 22.7 Å². The number of aryl methyl sites for hydroxylation is 1. The Labute approximate surface area is 164 Å². The fourth-order valence-electron chi connectivity index (χ4n) is 2.57. The molecule has 0 aliphatic heterocycles. The van der Waals surface area contributed by atoms with E-state index in [1.54, 1.807) is 13.0 Å². The molecule has 0 saturated carbocycles. The summed E-state index contributed by atoms with van der Waals surface area (Å²) in [7, 11) is 0. The van der Waals surface area contributed by atoms with Crippen molar-refractivity contribution in [1.29, 1.82) is 0 Å². The molecule has 0 unspecified atom stereocenters. The van der Waals surface area contributed by atoms with Gasteiger partial charge in [0.05, 0.1) is 0 Å². The highest BCUT2D eigenvalue weighted by atomic mass is 19.4. The van der Waals surface area contributed by atoms with E-state index in [-0.39, 0.29) is 12.1 Å². The summed E-state index contributed by atoms with van der Waals surface area (Å²) in [5, 5.41) is 5.71. The van der Waals surface area contributed by atoms with E-state index < -0.39 is 18.0 Å². The fourth-order valence-corrected chi connectivity index (χ4v) is 2.57. The van der Waals surface area contributed by atoms with Crippen LogP contribution in [0.1, 0.15) is 16.2 Å². The molecular weight excluding hydrogens is 387 g/mol. The van der Waals surface area contributed by atoms with Gasteiger partial charge < -0.3 is 19.9 Å². The molecule has 7 nitrogen and oxygen atoms in total. The second kappa shape index (κ2) is 8.63. The Morgan fingerprint density at radius 3 is 2.59 bits per heavy atom. The van der Waals surface area contributed by atoms with Crippen LogP contribution in [0.4, 0.5) is 19.0 Å². The molecule has 10 heteroatoms. The van der Waals surface area contributed by atoms with Crippen molar-refractivity contribution in [3.63, 3.8) is 0 Å². The average Bonchev–Trinajstić information content (AvgIpc) is 3.18. The molecule has 0 aliphatic carbocycles. The topological polar surface area (TPSA) is 81.1 Å². The molecule has 0 spiro atoms. The van der Waals surface area contributed by atoms with Gasteiger partial charge in [-0.15, -0.1) is 13.2 Å². The number of hydrogen-bond acceptors (Lipinski definition) is 5. The SMILES string of the molecule is Cc1nc(NCCNC(=O)c2cccc(OC(F)(F)F)c2)cc(-n2cccc2)n1. The van der Waals surface area contributed by atoms with Gasteiger partial charge in [0.15, 0.2) is 0 Å². The van der Waals surface area contributed by atoms with Crippen LogP contribution in [0.3, 0.4) is 0 Å². The van der Waals surface area contributed by atoms with Gasteiger partial charge in [-0.2, -0.15) is 0 Å². The smallest absolute Gasteiger partial charge is 0.406 e. The first-order chi connectivity index (χ1) is 13.8. The lowest BCUT2D eigenvalue weighted by molar-refractivity contribution is -0.274. The largest absolute Gasteiger partial charge is 0.573 e. The van der Waals surface area contributed by atoms with Crippen LogP contribution >= 0.6 is 0 Å². The zero-order valence-electron chi connectivity index (χ0n) is 15.4. The Morgan fingerprint density at radius 2 is 1.86 bits per heavy atom. The van der Waals surface area contributed by atoms with Crippen LogP contribution in [0.15, 0.2) is 54.9 Å². The molecule has 0 bridgehead atoms. The minimum Gasteiger partial charge on any atom is -0.406 e. The summed E-state index contributed by atoms with van der Waals surface area (Å²) in [5.41, 5.74) is 0.0690. The highest BCUT2D eigenvalue weighted by molar-refractivity contribution is 5.94. The van der Waals surface area contributed by atoms with E-state index >= 15 is 0 Å². The number of halogens is 3. The number of benzene rings is 1. The van der Waals surface area contributed by atoms with Crippen molar-refractivity contribution in [3.8, 4) is 11.6 Å². The Kier molecular flexibility index (Phi) is 6.01. The van der Waals surface area contributed by atoms with Crippen molar-refractivity contribution in [2.24, 2.45) is 0 Å². The molecule has 2 aromatic heterocycles. The molecule has 2 heterocycles. The van der Waals surface area contributed by atoms with Gasteiger partial charge in [0, 0.05) is 37.1 Å². The summed E-state index contributed by atoms with van der Waals surface area (Å²) in [5.74, 6) is 0.930. The van der Waals surface area contributed by atoms with Crippen molar-refractivity contribution in [3.05, 3.63) is 66.2 Å². The number of amides is 1. The number of nitrogens with one attached hydrogen (secondary N) is 2. The number of nitrogens with zero attached hydrogens (tertiary/aromatic N) is 3. The average molecular weight is 405 g/mol. The molecular formula is C19H18F3N5O2. The first-order valence-corrected chi connectivity index (χ1v) is 8.67. The third kappa shape index (κ3) is 5.96. The van der Waals surface area contributed by atoms with E-state index in [9.17, 15) is 18.0 Å². The van der Waals surface area contributed by atoms with Gasteiger partial charge >= 0.3 is 6.36 Å². The van der Waals surface area contributed by atoms with Gasteiger partial charge in [-0.3, -0.25) is 4.79 Å². The third-order valence-corrected chi connectivity index (χ3v) is 3.74. The Hall–Kier alpha value is -3.56. The van der Waals surface area contributed by atoms with Gasteiger partial charge in [0.2, 0.25) is 0 Å². The summed E-state index contributed by atoms with van der Waals surface area (Å²) in [6.45, 7) is 2.38. The third-order valence-electron chi connectivity index (χ3n) is 3.74. The Morgan fingerprint density at radius 1 is 1.10 bits per heavy atom. The maximum Gasteiger partial charge on any atom is 0.573 e. The summed E-state index contributed by atoms with van der Waals surface area (Å²) in [6, 6.07) is 10.4. The highest BCUT2D eigenvalue weighted by Gasteiger charge is 2.31. The molecule has 2 N–H and O–H groups in total. The summed E-state index contributed by atoms with van der Waals surface area (Å²) < 4.78 is 42.5. The van der Waals surface area contributed by atoms with Crippen LogP contribution in [0, 0.1) is 6.92 Å². The molecule has 0 saturated heterocycles. The lowest BCUT2D eigenvalue weighted by atomic mass is 10.2. The maximum absolute atomic E-state index is 12.3. The normalized spacial score (nSPS) is 11.2. The zero-order chi connectivity index (χ0) is 20.9. The molecule has 29 heavy (non-hydrogen) atoms. The predicted molar refractivity (Wildman–Crippen MR) is 100 cm³/mol. The second-order valence-corrected chi connectivity index (χ2v) is 6.01. The minimum absolute atomic E-state index is 0.0690. The molecule has 3 rings (SSSR count). The van der Waals surface area contributed by atoms with Crippen LogP contribution < -0.4 is 15.4 Å². The number of carbonyl (C=O) groups excluding carboxylic acids is 1. The molecule has 3 aromatic rings. The van der Waals surface area contributed by atoms with Gasteiger partial charge in [0.1, 0.15) is 23.2 Å². The summed E-state index contributed by atoms with van der Waals surface area (Å²) in [4.78, 5) is 20.8. The minimum atomic E-state index is -4.81. The molecule has 0 fully saturated rings. The maximum atomic E-state index is 12.3. The summed E-state index contributed by atoms with van der Waals surface area (Å²) in [6.07, 6.45) is -1.08. The van der Waals surface area contributed by atoms with Crippen LogP contribution in [0.2, 0.25) is 0 Å². The number of aromatic nitrogens is 3. The fraction of sp³-hybridized carbons (Fsp3) is 0.211. The van der Waals surface area contributed by atoms with Crippen molar-refractivity contribution in [2.45, 2.75) is 13.3 Å². The number of hydrogen-bond donors (Lipinski definition) is 2. The van der Waals surface area contributed by atoms with E-state index in [1.165, 1.54) is 12.1 Å². The van der Waals surface area contributed by atoms with E-state index in [0.717, 1.165) is 12.1 Å². The van der Waals surface area contributed by atoms with Crippen molar-refractivity contribution >= 4 is 11.7 Å². The highest BCUT2D eigenvalue weighted by Crippen LogP contribution is 2.23. The lowest BCUT2D eigenvalue weighted by Gasteiger charge is -2.11. The van der Waals surface area contributed by atoms with Crippen LogP contribution in [0.5, 0.6) is 5.75 Å². The summed E-state index contributed by atoms with van der Waals surface area (Å²) >= 11 is 0. The molecule has 0 atom stereocenters. The van der Waals surface area contributed by atoms with E-state index in [1.807, 2.05) is 29.1 Å². The predicted octanol–water partition coefficient (Wildman–Crippen LogP) is 3.32. The van der Waals surface area contributed by atoms with Crippen molar-refractivity contribution in [1.82, 2.24) is 19.9 Å². The Bertz CT molecular complexity index is 974. The number of carbonyl (C=O) groups is 1. The molecule has 152 valence electrons. The number of rotatable bonds is 7. The number of ether oxygens (including phenoxy) is 1. The quantitative estimate of drug-likeness (QED) is 0.590. The zero-order valence-corrected chi connectivity index (χ0v) is 15.4. The lowest BCUT2D eigenvalue weighted by Crippen LogP contribution is -2.29. The second-order valence-electron chi connectivity index (χ2n) is 6.01.